The number of aliphatic hydroxyl groups is 1. The van der Waals surface area contributed by atoms with E-state index in [4.69, 9.17) is 9.84 Å². The van der Waals surface area contributed by atoms with Gasteiger partial charge in [-0.15, -0.1) is 0 Å². The fraction of sp³-hybridized carbons (Fsp3) is 0.788. The number of aromatic carboxylic acids is 1. The van der Waals surface area contributed by atoms with Crippen LogP contribution < -0.4 is 21.0 Å². The predicted octanol–water partition coefficient (Wildman–Crippen LogP) is 4.93. The summed E-state index contributed by atoms with van der Waals surface area (Å²) in [7, 11) is 0. The lowest BCUT2D eigenvalue weighted by Gasteiger charge is -2.22. The number of amides is 1. The van der Waals surface area contributed by atoms with Gasteiger partial charge in [0.2, 0.25) is 5.88 Å². The van der Waals surface area contributed by atoms with Crippen LogP contribution in [0.15, 0.2) is 12.1 Å². The number of aromatic nitrogens is 1. The Morgan fingerprint density at radius 1 is 0.977 bits per heavy atom. The van der Waals surface area contributed by atoms with Crippen LogP contribution in [0.1, 0.15) is 132 Å². The number of pyridine rings is 1. The van der Waals surface area contributed by atoms with E-state index in [2.05, 4.69) is 28.2 Å². The van der Waals surface area contributed by atoms with Gasteiger partial charge in [0, 0.05) is 18.7 Å². The molecular weight excluding hydrogens is 546 g/mol. The summed E-state index contributed by atoms with van der Waals surface area (Å²) in [6.45, 7) is 5.18. The average molecular weight is 602 g/mol. The third-order valence-electron chi connectivity index (χ3n) is 8.78. The zero-order chi connectivity index (χ0) is 30.4. The van der Waals surface area contributed by atoms with Crippen LogP contribution in [0.3, 0.4) is 0 Å². The van der Waals surface area contributed by atoms with Gasteiger partial charge in [-0.1, -0.05) is 70.8 Å². The van der Waals surface area contributed by atoms with Gasteiger partial charge >= 0.3 is 5.97 Å². The van der Waals surface area contributed by atoms with Gasteiger partial charge in [-0.2, -0.15) is 5.53 Å². The SMILES string of the molecule is CCCCCCCCCCN[C@@H](CC1CC1)C(=O)NNN1CCC(O)C1.O=C(O)c1ccc(C2CC2)c(OCC2CC2)n1. The summed E-state index contributed by atoms with van der Waals surface area (Å²) in [5, 5.41) is 23.8. The number of ether oxygens (including phenoxy) is 1. The van der Waals surface area contributed by atoms with E-state index in [1.165, 1.54) is 70.6 Å². The molecular formula is C33H55N5O5. The molecule has 5 N–H and O–H groups in total. The van der Waals surface area contributed by atoms with Crippen molar-refractivity contribution >= 4 is 11.9 Å². The molecule has 1 amide bonds. The lowest BCUT2D eigenvalue weighted by molar-refractivity contribution is -0.126. The van der Waals surface area contributed by atoms with Gasteiger partial charge in [-0.05, 0) is 75.3 Å². The first-order valence-electron chi connectivity index (χ1n) is 17.0. The van der Waals surface area contributed by atoms with Crippen molar-refractivity contribution in [2.75, 3.05) is 26.2 Å². The first-order chi connectivity index (χ1) is 20.9. The number of carbonyl (C=O) groups excluding carboxylic acids is 1. The predicted molar refractivity (Wildman–Crippen MR) is 167 cm³/mol. The molecule has 10 heteroatoms. The number of carbonyl (C=O) groups is 2. The third-order valence-corrected chi connectivity index (χ3v) is 8.78. The summed E-state index contributed by atoms with van der Waals surface area (Å²) in [5.41, 5.74) is 6.93. The Labute approximate surface area is 257 Å². The van der Waals surface area contributed by atoms with Crippen LogP contribution in [0.5, 0.6) is 5.88 Å². The van der Waals surface area contributed by atoms with Crippen molar-refractivity contribution in [2.24, 2.45) is 11.8 Å². The van der Waals surface area contributed by atoms with E-state index in [-0.39, 0.29) is 23.7 Å². The Kier molecular flexibility index (Phi) is 14.0. The number of rotatable bonds is 20. The summed E-state index contributed by atoms with van der Waals surface area (Å²) >= 11 is 0. The minimum atomic E-state index is -0.997. The maximum atomic E-state index is 12.5. The Hall–Kier alpha value is -2.27. The van der Waals surface area contributed by atoms with E-state index < -0.39 is 5.97 Å². The van der Waals surface area contributed by atoms with Crippen LogP contribution in [0.25, 0.3) is 0 Å². The first kappa shape index (κ1) is 33.6. The van der Waals surface area contributed by atoms with Crippen molar-refractivity contribution < 1.29 is 24.5 Å². The van der Waals surface area contributed by atoms with Crippen molar-refractivity contribution in [3.63, 3.8) is 0 Å². The molecule has 3 aliphatic carbocycles. The fourth-order valence-electron chi connectivity index (χ4n) is 5.44. The molecule has 0 radical (unpaired) electrons. The number of carboxylic acid groups (broad SMARTS) is 1. The molecule has 4 fully saturated rings. The van der Waals surface area contributed by atoms with Gasteiger partial charge in [0.25, 0.3) is 5.91 Å². The van der Waals surface area contributed by atoms with E-state index in [9.17, 15) is 14.7 Å². The number of hydrogen-bond acceptors (Lipinski definition) is 8. The number of nitrogens with zero attached hydrogens (tertiary/aromatic N) is 2. The number of carboxylic acids is 1. The molecule has 1 aromatic heterocycles. The summed E-state index contributed by atoms with van der Waals surface area (Å²) in [5.74, 6) is 1.46. The topological polar surface area (TPSA) is 136 Å². The summed E-state index contributed by atoms with van der Waals surface area (Å²) in [4.78, 5) is 27.5. The van der Waals surface area contributed by atoms with E-state index in [0.717, 1.165) is 50.8 Å². The fourth-order valence-corrected chi connectivity index (χ4v) is 5.44. The van der Waals surface area contributed by atoms with Crippen molar-refractivity contribution in [1.29, 1.82) is 0 Å². The number of unbranched alkanes of at least 4 members (excludes halogenated alkanes) is 7. The van der Waals surface area contributed by atoms with Crippen LogP contribution in [-0.4, -0.2) is 70.5 Å². The summed E-state index contributed by atoms with van der Waals surface area (Å²) in [6, 6.07) is 3.32. The minimum absolute atomic E-state index is 0.0258. The van der Waals surface area contributed by atoms with Gasteiger partial charge in [-0.25, -0.2) is 14.8 Å². The summed E-state index contributed by atoms with van der Waals surface area (Å²) in [6.07, 6.45) is 19.1. The van der Waals surface area contributed by atoms with Crippen molar-refractivity contribution in [2.45, 2.75) is 128 Å². The molecule has 5 rings (SSSR count). The van der Waals surface area contributed by atoms with Crippen LogP contribution in [-0.2, 0) is 4.79 Å². The van der Waals surface area contributed by atoms with Crippen molar-refractivity contribution in [3.8, 4) is 5.88 Å². The molecule has 242 valence electrons. The number of hydrogen-bond donors (Lipinski definition) is 5. The quantitative estimate of drug-likeness (QED) is 0.104. The van der Waals surface area contributed by atoms with Crippen molar-refractivity contribution in [1.82, 2.24) is 26.3 Å². The lowest BCUT2D eigenvalue weighted by Crippen LogP contribution is -2.54. The molecule has 1 saturated heterocycles. The molecule has 43 heavy (non-hydrogen) atoms. The third kappa shape index (κ3) is 13.1. The molecule has 2 heterocycles. The summed E-state index contributed by atoms with van der Waals surface area (Å²) < 4.78 is 5.68. The van der Waals surface area contributed by atoms with E-state index in [1.807, 2.05) is 11.1 Å². The van der Waals surface area contributed by atoms with E-state index in [0.29, 0.717) is 36.8 Å². The van der Waals surface area contributed by atoms with Gasteiger partial charge in [-0.3, -0.25) is 10.2 Å². The minimum Gasteiger partial charge on any atom is -0.477 e. The smallest absolute Gasteiger partial charge is 0.354 e. The maximum Gasteiger partial charge on any atom is 0.354 e. The van der Waals surface area contributed by atoms with Crippen LogP contribution in [0, 0.1) is 11.8 Å². The van der Waals surface area contributed by atoms with Crippen LogP contribution in [0.4, 0.5) is 0 Å². The van der Waals surface area contributed by atoms with E-state index >= 15 is 0 Å². The normalized spacial score (nSPS) is 20.7. The molecule has 0 spiro atoms. The highest BCUT2D eigenvalue weighted by atomic mass is 16.5. The zero-order valence-corrected chi connectivity index (χ0v) is 26.2. The Morgan fingerprint density at radius 2 is 1.67 bits per heavy atom. The molecule has 0 aromatic carbocycles. The Bertz CT molecular complexity index is 998. The second-order valence-electron chi connectivity index (χ2n) is 13.1. The highest BCUT2D eigenvalue weighted by Crippen LogP contribution is 2.44. The standard InChI is InChI=1S/C20H40N4O2.C13H15NO3/c1-2-3-4-5-6-7-8-9-13-21-19(15-17-10-11-17)20(26)22-23-24-14-12-18(25)16-24;15-13(16)11-6-5-10(9-3-4-9)12(14-11)17-7-8-1-2-8/h17-19,21,23,25H,2-16H2,1H3,(H,22,26);5-6,8-9H,1-4,7H2,(H,15,16)/t18?,19-;/m0./s1. The maximum absolute atomic E-state index is 12.5. The molecule has 10 nitrogen and oxygen atoms in total. The number of aliphatic hydroxyl groups excluding tert-OH is 1. The Morgan fingerprint density at radius 3 is 2.28 bits per heavy atom. The average Bonchev–Trinajstić information content (AvgIpc) is 3.86. The molecule has 2 atom stereocenters. The molecule has 1 unspecified atom stereocenters. The highest BCUT2D eigenvalue weighted by molar-refractivity contribution is 5.85. The number of β-amino-alcohol motifs (C(OH)–C–C–N with tert-alkyl or cyclic N) is 1. The molecule has 1 aromatic rings. The van der Waals surface area contributed by atoms with Gasteiger partial charge in [0.1, 0.15) is 0 Å². The lowest BCUT2D eigenvalue weighted by atomic mass is 10.1. The number of nitrogens with one attached hydrogen (secondary N) is 3. The second kappa shape index (κ2) is 17.9. The highest BCUT2D eigenvalue weighted by Gasteiger charge is 2.31. The second-order valence-corrected chi connectivity index (χ2v) is 13.1. The molecule has 4 aliphatic rings. The van der Waals surface area contributed by atoms with Gasteiger partial charge in [0.05, 0.1) is 18.8 Å². The molecule has 3 saturated carbocycles. The monoisotopic (exact) mass is 601 g/mol. The largest absolute Gasteiger partial charge is 0.477 e. The molecule has 0 bridgehead atoms. The van der Waals surface area contributed by atoms with Gasteiger partial charge in [0.15, 0.2) is 5.69 Å². The molecule has 1 aliphatic heterocycles. The van der Waals surface area contributed by atoms with Crippen LogP contribution >= 0.6 is 0 Å². The van der Waals surface area contributed by atoms with Crippen LogP contribution in [0.2, 0.25) is 0 Å². The van der Waals surface area contributed by atoms with Gasteiger partial charge < -0.3 is 20.3 Å². The van der Waals surface area contributed by atoms with E-state index in [1.54, 1.807) is 6.07 Å². The zero-order valence-electron chi connectivity index (χ0n) is 26.2. The van der Waals surface area contributed by atoms with Crippen molar-refractivity contribution in [3.05, 3.63) is 23.4 Å². The number of hydrazine groups is 2. The first-order valence-corrected chi connectivity index (χ1v) is 17.0. The Balaban J connectivity index is 0.000000213.